The molecule has 0 aromatic carbocycles. The van der Waals surface area contributed by atoms with Gasteiger partial charge in [0.25, 0.3) is 0 Å². The molecule has 18 heavy (non-hydrogen) atoms. The summed E-state index contributed by atoms with van der Waals surface area (Å²) in [6.07, 6.45) is 1.75. The Bertz CT molecular complexity index is 229. The third kappa shape index (κ3) is 11.6. The van der Waals surface area contributed by atoms with Gasteiger partial charge in [0.1, 0.15) is 23.0 Å². The van der Waals surface area contributed by atoms with Crippen LogP contribution in [0.1, 0.15) is 26.2 Å². The quantitative estimate of drug-likeness (QED) is 0.337. The molecule has 7 heteroatoms. The summed E-state index contributed by atoms with van der Waals surface area (Å²) in [5.74, 6) is 1.77. The molecule has 0 radical (unpaired) electrons. The third-order valence-corrected chi connectivity index (χ3v) is 5.55. The first-order valence-corrected chi connectivity index (χ1v) is 9.75. The van der Waals surface area contributed by atoms with E-state index in [1.165, 1.54) is 7.11 Å². The van der Waals surface area contributed by atoms with E-state index < -0.39 is 22.4 Å². The molecule has 0 heterocycles. The van der Waals surface area contributed by atoms with Gasteiger partial charge >= 0.3 is 5.97 Å². The largest absolute Gasteiger partial charge is 0.616 e. The average Bonchev–Trinajstić information content (AvgIpc) is 2.33. The molecular formula is C11H21BrO4S2. The van der Waals surface area contributed by atoms with Gasteiger partial charge < -0.3 is 13.8 Å². The second-order valence-corrected chi connectivity index (χ2v) is 8.90. The number of alkyl halides is 1. The molecule has 0 rings (SSSR count). The first kappa shape index (κ1) is 18.6. The van der Waals surface area contributed by atoms with Crippen molar-refractivity contribution in [1.82, 2.24) is 0 Å². The lowest BCUT2D eigenvalue weighted by Crippen LogP contribution is -2.19. The number of rotatable bonds is 10. The second-order valence-electron chi connectivity index (χ2n) is 3.95. The van der Waals surface area contributed by atoms with Gasteiger partial charge in [0.2, 0.25) is 0 Å². The molecule has 0 aliphatic heterocycles. The van der Waals surface area contributed by atoms with Crippen molar-refractivity contribution in [2.45, 2.75) is 31.0 Å². The molecule has 0 amide bonds. The summed E-state index contributed by atoms with van der Waals surface area (Å²) in [5, 5.41) is 0. The van der Waals surface area contributed by atoms with E-state index in [9.17, 15) is 13.9 Å². The van der Waals surface area contributed by atoms with Gasteiger partial charge in [-0.3, -0.25) is 4.79 Å². The maximum absolute atomic E-state index is 11.6. The molecule has 0 bridgehead atoms. The van der Waals surface area contributed by atoms with Crippen LogP contribution in [0.15, 0.2) is 0 Å². The highest BCUT2D eigenvalue weighted by molar-refractivity contribution is 9.09. The molecule has 0 aliphatic carbocycles. The zero-order chi connectivity index (χ0) is 14.0. The lowest BCUT2D eigenvalue weighted by atomic mass is 10.4. The van der Waals surface area contributed by atoms with Gasteiger partial charge in [-0.1, -0.05) is 45.2 Å². The van der Waals surface area contributed by atoms with Crippen molar-refractivity contribution < 1.29 is 18.6 Å². The first-order valence-electron chi connectivity index (χ1n) is 5.86. The van der Waals surface area contributed by atoms with Crippen LogP contribution in [0.3, 0.4) is 0 Å². The van der Waals surface area contributed by atoms with Crippen LogP contribution >= 0.6 is 15.9 Å². The Balaban J connectivity index is 3.49. The smallest absolute Gasteiger partial charge is 0.310 e. The van der Waals surface area contributed by atoms with E-state index in [4.69, 9.17) is 0 Å². The van der Waals surface area contributed by atoms with E-state index in [0.717, 1.165) is 6.42 Å². The lowest BCUT2D eigenvalue weighted by molar-refractivity contribution is -0.140. The minimum absolute atomic E-state index is 0.188. The fourth-order valence-electron chi connectivity index (χ4n) is 1.18. The average molecular weight is 361 g/mol. The normalized spacial score (nSPS) is 16.1. The van der Waals surface area contributed by atoms with Crippen molar-refractivity contribution in [2.24, 2.45) is 0 Å². The summed E-state index contributed by atoms with van der Waals surface area (Å²) >= 11 is 1.56. The number of halogens is 1. The van der Waals surface area contributed by atoms with E-state index in [1.807, 2.05) is 6.92 Å². The maximum atomic E-state index is 11.6. The molecule has 0 saturated carbocycles. The summed E-state index contributed by atoms with van der Waals surface area (Å²) < 4.78 is 27.5. The molecular weight excluding hydrogens is 340 g/mol. The van der Waals surface area contributed by atoms with Crippen molar-refractivity contribution in [3.05, 3.63) is 0 Å². The molecule has 0 aromatic rings. The van der Waals surface area contributed by atoms with Crippen LogP contribution in [0.5, 0.6) is 0 Å². The predicted molar refractivity (Wildman–Crippen MR) is 80.0 cm³/mol. The highest BCUT2D eigenvalue weighted by Gasteiger charge is 2.13. The number of hydrogen-bond donors (Lipinski definition) is 0. The lowest BCUT2D eigenvalue weighted by Gasteiger charge is -2.13. The van der Waals surface area contributed by atoms with E-state index >= 15 is 0 Å². The van der Waals surface area contributed by atoms with Crippen LogP contribution in [0.25, 0.3) is 0 Å². The first-order chi connectivity index (χ1) is 8.45. The number of hydrogen-bond acceptors (Lipinski definition) is 4. The fourth-order valence-corrected chi connectivity index (χ4v) is 4.24. The SMILES string of the molecule is COC(=O)CC[S+]([O-])CCC[S+]([O-])CCC(C)Br. The van der Waals surface area contributed by atoms with Crippen molar-refractivity contribution in [3.8, 4) is 0 Å². The maximum Gasteiger partial charge on any atom is 0.310 e. The van der Waals surface area contributed by atoms with Crippen LogP contribution in [0.2, 0.25) is 0 Å². The molecule has 0 N–H and O–H groups in total. The molecule has 0 spiro atoms. The zero-order valence-corrected chi connectivity index (χ0v) is 14.1. The van der Waals surface area contributed by atoms with E-state index in [2.05, 4.69) is 20.7 Å². The summed E-state index contributed by atoms with van der Waals surface area (Å²) in [6.45, 7) is 2.03. The van der Waals surface area contributed by atoms with Crippen molar-refractivity contribution >= 4 is 44.3 Å². The summed E-state index contributed by atoms with van der Waals surface area (Å²) in [5.41, 5.74) is 0. The molecule has 3 unspecified atom stereocenters. The van der Waals surface area contributed by atoms with Gasteiger partial charge in [0, 0.05) is 17.7 Å². The van der Waals surface area contributed by atoms with Crippen LogP contribution in [0.4, 0.5) is 0 Å². The molecule has 0 aliphatic rings. The molecule has 108 valence electrons. The Labute approximate surface area is 124 Å². The van der Waals surface area contributed by atoms with E-state index in [0.29, 0.717) is 34.3 Å². The topological polar surface area (TPSA) is 72.4 Å². The van der Waals surface area contributed by atoms with Crippen molar-refractivity contribution in [3.63, 3.8) is 0 Å². The molecule has 3 atom stereocenters. The summed E-state index contributed by atoms with van der Waals surface area (Å²) in [4.78, 5) is 11.2. The molecule has 0 aromatic heterocycles. The van der Waals surface area contributed by atoms with Crippen molar-refractivity contribution in [2.75, 3.05) is 30.1 Å². The van der Waals surface area contributed by atoms with Crippen LogP contribution in [0, 0.1) is 0 Å². The third-order valence-electron chi connectivity index (χ3n) is 2.25. The Morgan fingerprint density at radius 1 is 1.22 bits per heavy atom. The van der Waals surface area contributed by atoms with Gasteiger partial charge in [-0.05, 0) is 0 Å². The zero-order valence-electron chi connectivity index (χ0n) is 10.9. The number of ether oxygens (including phenoxy) is 1. The minimum atomic E-state index is -1.02. The molecule has 0 fully saturated rings. The van der Waals surface area contributed by atoms with Gasteiger partial charge in [-0.15, -0.1) is 0 Å². The predicted octanol–water partition coefficient (Wildman–Crippen LogP) is 1.61. The summed E-state index contributed by atoms with van der Waals surface area (Å²) in [6, 6.07) is 0. The van der Waals surface area contributed by atoms with Gasteiger partial charge in [-0.2, -0.15) is 0 Å². The number of carbonyl (C=O) groups excluding carboxylic acids is 1. The van der Waals surface area contributed by atoms with Crippen molar-refractivity contribution in [1.29, 1.82) is 0 Å². The Morgan fingerprint density at radius 2 is 1.78 bits per heavy atom. The van der Waals surface area contributed by atoms with E-state index in [-0.39, 0.29) is 12.4 Å². The molecule has 4 nitrogen and oxygen atoms in total. The standard InChI is InChI=1S/C11H21BrO4S2/c1-10(12)4-8-17(14)6-3-7-18(15)9-5-11(13)16-2/h10H,3-9H2,1-2H3. The van der Waals surface area contributed by atoms with Crippen LogP contribution < -0.4 is 0 Å². The van der Waals surface area contributed by atoms with Crippen LogP contribution in [-0.2, 0) is 31.9 Å². The van der Waals surface area contributed by atoms with Gasteiger partial charge in [-0.25, -0.2) is 0 Å². The number of carbonyl (C=O) groups is 1. The van der Waals surface area contributed by atoms with Crippen LogP contribution in [-0.4, -0.2) is 50.0 Å². The highest BCUT2D eigenvalue weighted by Crippen LogP contribution is 2.07. The number of methoxy groups -OCH3 is 1. The Kier molecular flexibility index (Phi) is 11.8. The molecule has 0 saturated heterocycles. The Hall–Kier alpha value is 0.570. The van der Waals surface area contributed by atoms with Gasteiger partial charge in [0.15, 0.2) is 0 Å². The Morgan fingerprint density at radius 3 is 2.28 bits per heavy atom. The fraction of sp³-hybridized carbons (Fsp3) is 0.909. The highest BCUT2D eigenvalue weighted by atomic mass is 79.9. The van der Waals surface area contributed by atoms with E-state index in [1.54, 1.807) is 0 Å². The number of esters is 1. The summed E-state index contributed by atoms with van der Waals surface area (Å²) in [7, 11) is 1.32. The second kappa shape index (κ2) is 11.4. The van der Waals surface area contributed by atoms with Gasteiger partial charge in [0.05, 0.1) is 13.5 Å². The minimum Gasteiger partial charge on any atom is -0.616 e. The monoisotopic (exact) mass is 360 g/mol.